The van der Waals surface area contributed by atoms with Crippen molar-refractivity contribution in [1.29, 1.82) is 0 Å². The van der Waals surface area contributed by atoms with Crippen LogP contribution in [0.5, 0.6) is 0 Å². The third-order valence-corrected chi connectivity index (χ3v) is 4.83. The highest BCUT2D eigenvalue weighted by molar-refractivity contribution is 7.15. The molecule has 3 nitrogen and oxygen atoms in total. The number of benzene rings is 1. The van der Waals surface area contributed by atoms with E-state index in [4.69, 9.17) is 11.6 Å². The molecule has 2 aromatic rings. The Bertz CT molecular complexity index is 546. The van der Waals surface area contributed by atoms with Crippen molar-refractivity contribution in [2.45, 2.75) is 38.1 Å². The van der Waals surface area contributed by atoms with Gasteiger partial charge in [-0.15, -0.1) is 10.2 Å². The molecule has 1 saturated carbocycles. The highest BCUT2D eigenvalue weighted by atomic mass is 35.5. The number of rotatable bonds is 4. The molecule has 1 N–H and O–H groups in total. The second-order valence-corrected chi connectivity index (χ2v) is 6.41. The van der Waals surface area contributed by atoms with Crippen LogP contribution in [-0.2, 0) is 6.42 Å². The van der Waals surface area contributed by atoms with E-state index in [1.807, 2.05) is 12.1 Å². The second-order valence-electron chi connectivity index (χ2n) is 4.92. The van der Waals surface area contributed by atoms with E-state index < -0.39 is 0 Å². The first-order valence-corrected chi connectivity index (χ1v) is 7.78. The van der Waals surface area contributed by atoms with E-state index in [0.29, 0.717) is 12.0 Å². The van der Waals surface area contributed by atoms with Gasteiger partial charge in [0.25, 0.3) is 0 Å². The summed E-state index contributed by atoms with van der Waals surface area (Å²) < 4.78 is 0. The molecular weight excluding hydrogens is 278 g/mol. The van der Waals surface area contributed by atoms with E-state index in [9.17, 15) is 0 Å². The van der Waals surface area contributed by atoms with E-state index in [1.54, 1.807) is 11.3 Å². The van der Waals surface area contributed by atoms with Gasteiger partial charge in [-0.3, -0.25) is 0 Å². The molecule has 1 aliphatic carbocycles. The number of nitrogens with one attached hydrogen (secondary N) is 1. The Morgan fingerprint density at radius 1 is 1.26 bits per heavy atom. The zero-order valence-electron chi connectivity index (χ0n) is 10.8. The molecule has 100 valence electrons. The summed E-state index contributed by atoms with van der Waals surface area (Å²) in [4.78, 5) is 0. The molecule has 0 aliphatic heterocycles. The molecule has 0 radical (unpaired) electrons. The molecule has 1 aliphatic rings. The average Bonchev–Trinajstić information content (AvgIpc) is 2.82. The minimum absolute atomic E-state index is 0.526. The molecule has 1 aromatic carbocycles. The molecule has 1 heterocycles. The molecule has 0 spiro atoms. The second kappa shape index (κ2) is 5.47. The van der Waals surface area contributed by atoms with Gasteiger partial charge in [0.15, 0.2) is 0 Å². The molecule has 0 unspecified atom stereocenters. The van der Waals surface area contributed by atoms with Gasteiger partial charge in [0, 0.05) is 11.1 Å². The van der Waals surface area contributed by atoms with Crippen molar-refractivity contribution >= 4 is 28.1 Å². The van der Waals surface area contributed by atoms with Crippen LogP contribution in [0.25, 0.3) is 0 Å². The lowest BCUT2D eigenvalue weighted by Crippen LogP contribution is -2.33. The molecule has 1 aromatic heterocycles. The zero-order valence-corrected chi connectivity index (χ0v) is 12.3. The maximum Gasteiger partial charge on any atom is 0.205 e. The average molecular weight is 294 g/mol. The first-order valence-electron chi connectivity index (χ1n) is 6.59. The number of hydrogen-bond acceptors (Lipinski definition) is 4. The number of nitrogens with zero attached hydrogens (tertiary/aromatic N) is 2. The van der Waals surface area contributed by atoms with Crippen LogP contribution in [0.3, 0.4) is 0 Å². The fraction of sp³-hybridized carbons (Fsp3) is 0.429. The molecule has 3 rings (SSSR count). The minimum atomic E-state index is 0.526. The molecule has 0 amide bonds. The number of aryl methyl sites for hydroxylation is 1. The van der Waals surface area contributed by atoms with Crippen molar-refractivity contribution < 1.29 is 0 Å². The number of anilines is 1. The zero-order chi connectivity index (χ0) is 13.2. The van der Waals surface area contributed by atoms with E-state index in [2.05, 4.69) is 34.6 Å². The summed E-state index contributed by atoms with van der Waals surface area (Å²) in [5.74, 6) is 0.647. The Morgan fingerprint density at radius 2 is 2.00 bits per heavy atom. The monoisotopic (exact) mass is 293 g/mol. The van der Waals surface area contributed by atoms with Gasteiger partial charge in [0.05, 0.1) is 0 Å². The smallest absolute Gasteiger partial charge is 0.205 e. The Hall–Kier alpha value is -1.13. The standard InChI is InChI=1S/C14H16ClN3S/c1-2-13-17-18-14(19-13)16-12-7-10(8-12)9-3-5-11(15)6-4-9/h3-6,10,12H,2,7-8H2,1H3,(H,16,18). The molecule has 0 atom stereocenters. The predicted octanol–water partition coefficient (Wildman–Crippen LogP) is 4.11. The van der Waals surface area contributed by atoms with Crippen molar-refractivity contribution in [3.63, 3.8) is 0 Å². The van der Waals surface area contributed by atoms with Crippen LogP contribution >= 0.6 is 22.9 Å². The Balaban J connectivity index is 1.53. The summed E-state index contributed by atoms with van der Waals surface area (Å²) >= 11 is 7.56. The van der Waals surface area contributed by atoms with Gasteiger partial charge >= 0.3 is 0 Å². The maximum absolute atomic E-state index is 5.90. The summed E-state index contributed by atoms with van der Waals surface area (Å²) in [7, 11) is 0. The van der Waals surface area contributed by atoms with Crippen LogP contribution in [0, 0.1) is 0 Å². The normalized spacial score (nSPS) is 22.0. The fourth-order valence-corrected chi connectivity index (χ4v) is 3.25. The fourth-order valence-electron chi connectivity index (χ4n) is 2.37. The van der Waals surface area contributed by atoms with Gasteiger partial charge in [-0.05, 0) is 42.9 Å². The van der Waals surface area contributed by atoms with E-state index in [0.717, 1.165) is 34.4 Å². The highest BCUT2D eigenvalue weighted by Crippen LogP contribution is 2.39. The molecule has 5 heteroatoms. The largest absolute Gasteiger partial charge is 0.357 e. The summed E-state index contributed by atoms with van der Waals surface area (Å²) in [5, 5.41) is 14.6. The van der Waals surface area contributed by atoms with Gasteiger partial charge < -0.3 is 5.32 Å². The lowest BCUT2D eigenvalue weighted by atomic mass is 9.76. The van der Waals surface area contributed by atoms with Gasteiger partial charge in [-0.1, -0.05) is 42.0 Å². The molecule has 19 heavy (non-hydrogen) atoms. The Labute approximate surface area is 122 Å². The minimum Gasteiger partial charge on any atom is -0.357 e. The summed E-state index contributed by atoms with van der Waals surface area (Å²) in [5.41, 5.74) is 1.38. The quantitative estimate of drug-likeness (QED) is 0.922. The van der Waals surface area contributed by atoms with Crippen LogP contribution in [0.15, 0.2) is 24.3 Å². The Morgan fingerprint density at radius 3 is 2.63 bits per heavy atom. The predicted molar refractivity (Wildman–Crippen MR) is 80.1 cm³/mol. The first kappa shape index (κ1) is 12.9. The molecule has 0 bridgehead atoms. The van der Waals surface area contributed by atoms with Gasteiger partial charge in [-0.25, -0.2) is 0 Å². The Kier molecular flexibility index (Phi) is 3.71. The van der Waals surface area contributed by atoms with Crippen LogP contribution in [0.2, 0.25) is 5.02 Å². The number of halogens is 1. The van der Waals surface area contributed by atoms with Crippen molar-refractivity contribution in [2.24, 2.45) is 0 Å². The summed E-state index contributed by atoms with van der Waals surface area (Å²) in [6.07, 6.45) is 3.27. The van der Waals surface area contributed by atoms with Crippen molar-refractivity contribution in [1.82, 2.24) is 10.2 Å². The van der Waals surface area contributed by atoms with E-state index in [-0.39, 0.29) is 0 Å². The third kappa shape index (κ3) is 2.90. The van der Waals surface area contributed by atoms with Crippen molar-refractivity contribution in [3.05, 3.63) is 39.9 Å². The number of hydrogen-bond donors (Lipinski definition) is 1. The van der Waals surface area contributed by atoms with Crippen molar-refractivity contribution in [3.8, 4) is 0 Å². The number of aromatic nitrogens is 2. The van der Waals surface area contributed by atoms with Crippen LogP contribution in [0.1, 0.15) is 36.3 Å². The SMILES string of the molecule is CCc1nnc(NC2CC(c3ccc(Cl)cc3)C2)s1. The molecular formula is C14H16ClN3S. The molecule has 0 saturated heterocycles. The van der Waals surface area contributed by atoms with E-state index in [1.165, 1.54) is 5.56 Å². The van der Waals surface area contributed by atoms with Gasteiger partial charge in [0.2, 0.25) is 5.13 Å². The molecule has 1 fully saturated rings. The van der Waals surface area contributed by atoms with Crippen molar-refractivity contribution in [2.75, 3.05) is 5.32 Å². The lowest BCUT2D eigenvalue weighted by Gasteiger charge is -2.36. The van der Waals surface area contributed by atoms with Crippen LogP contribution in [-0.4, -0.2) is 16.2 Å². The first-order chi connectivity index (χ1) is 9.24. The highest BCUT2D eigenvalue weighted by Gasteiger charge is 2.30. The lowest BCUT2D eigenvalue weighted by molar-refractivity contribution is 0.374. The van der Waals surface area contributed by atoms with Gasteiger partial charge in [-0.2, -0.15) is 0 Å². The maximum atomic E-state index is 5.90. The van der Waals surface area contributed by atoms with Gasteiger partial charge in [0.1, 0.15) is 5.01 Å². The third-order valence-electron chi connectivity index (χ3n) is 3.58. The summed E-state index contributed by atoms with van der Waals surface area (Å²) in [6.45, 7) is 2.10. The summed E-state index contributed by atoms with van der Waals surface area (Å²) in [6, 6.07) is 8.72. The topological polar surface area (TPSA) is 37.8 Å². The van der Waals surface area contributed by atoms with Crippen LogP contribution in [0.4, 0.5) is 5.13 Å². The van der Waals surface area contributed by atoms with Crippen LogP contribution < -0.4 is 5.32 Å². The van der Waals surface area contributed by atoms with E-state index >= 15 is 0 Å².